The third-order valence-corrected chi connectivity index (χ3v) is 3.81. The minimum atomic E-state index is 0.622. The van der Waals surface area contributed by atoms with E-state index in [0.717, 1.165) is 13.1 Å². The lowest BCUT2D eigenvalue weighted by Gasteiger charge is -2.16. The second-order valence-corrected chi connectivity index (χ2v) is 5.12. The number of fused-ring (bicyclic) bond motifs is 1. The van der Waals surface area contributed by atoms with E-state index in [-0.39, 0.29) is 0 Å². The Hall–Kier alpha value is -1.77. The predicted molar refractivity (Wildman–Crippen MR) is 74.9 cm³/mol. The quantitative estimate of drug-likeness (QED) is 0.806. The smallest absolute Gasteiger partial charge is 0.0568 e. The lowest BCUT2D eigenvalue weighted by molar-refractivity contribution is 0.762. The Bertz CT molecular complexity index is 571. The first-order chi connectivity index (χ1) is 8.69. The van der Waals surface area contributed by atoms with Crippen LogP contribution >= 0.6 is 0 Å². The summed E-state index contributed by atoms with van der Waals surface area (Å²) in [6, 6.07) is 6.79. The van der Waals surface area contributed by atoms with Crippen molar-refractivity contribution in [1.29, 1.82) is 0 Å². The SMILES string of the molecule is CCN1C[C@@H](C)c2cc(-c3cnn(C)c3)ccc21. The summed E-state index contributed by atoms with van der Waals surface area (Å²) in [6.45, 7) is 6.75. The first-order valence-corrected chi connectivity index (χ1v) is 6.57. The van der Waals surface area contributed by atoms with Crippen LogP contribution in [-0.4, -0.2) is 22.9 Å². The molecule has 0 aliphatic carbocycles. The predicted octanol–water partition coefficient (Wildman–Crippen LogP) is 3.03. The van der Waals surface area contributed by atoms with Crippen molar-refractivity contribution in [2.75, 3.05) is 18.0 Å². The molecular weight excluding hydrogens is 222 g/mol. The van der Waals surface area contributed by atoms with Crippen LogP contribution in [0.1, 0.15) is 25.3 Å². The highest BCUT2D eigenvalue weighted by Crippen LogP contribution is 2.38. The van der Waals surface area contributed by atoms with E-state index < -0.39 is 0 Å². The zero-order valence-corrected chi connectivity index (χ0v) is 11.2. The fraction of sp³-hybridized carbons (Fsp3) is 0.400. The molecule has 1 aliphatic heterocycles. The first-order valence-electron chi connectivity index (χ1n) is 6.57. The number of aryl methyl sites for hydroxylation is 1. The highest BCUT2D eigenvalue weighted by molar-refractivity contribution is 5.70. The normalized spacial score (nSPS) is 18.2. The van der Waals surface area contributed by atoms with Crippen LogP contribution in [0.4, 0.5) is 5.69 Å². The van der Waals surface area contributed by atoms with E-state index in [0.29, 0.717) is 5.92 Å². The average molecular weight is 241 g/mol. The van der Waals surface area contributed by atoms with Gasteiger partial charge in [0.2, 0.25) is 0 Å². The fourth-order valence-corrected chi connectivity index (χ4v) is 2.81. The molecular formula is C15H19N3. The largest absolute Gasteiger partial charge is 0.371 e. The summed E-state index contributed by atoms with van der Waals surface area (Å²) < 4.78 is 1.85. The number of nitrogens with zero attached hydrogens (tertiary/aromatic N) is 3. The zero-order valence-electron chi connectivity index (χ0n) is 11.2. The molecule has 18 heavy (non-hydrogen) atoms. The molecule has 1 aliphatic rings. The number of hydrogen-bond donors (Lipinski definition) is 0. The average Bonchev–Trinajstić information content (AvgIpc) is 2.94. The van der Waals surface area contributed by atoms with Crippen LogP contribution in [0.2, 0.25) is 0 Å². The molecule has 0 saturated carbocycles. The maximum atomic E-state index is 4.24. The maximum absolute atomic E-state index is 4.24. The van der Waals surface area contributed by atoms with Crippen molar-refractivity contribution in [1.82, 2.24) is 9.78 Å². The van der Waals surface area contributed by atoms with Crippen molar-refractivity contribution in [3.8, 4) is 11.1 Å². The minimum absolute atomic E-state index is 0.622. The van der Waals surface area contributed by atoms with E-state index in [1.54, 1.807) is 0 Å². The first kappa shape index (κ1) is 11.3. The minimum Gasteiger partial charge on any atom is -0.371 e. The number of aromatic nitrogens is 2. The topological polar surface area (TPSA) is 21.1 Å². The van der Waals surface area contributed by atoms with Crippen molar-refractivity contribution >= 4 is 5.69 Å². The van der Waals surface area contributed by atoms with Crippen LogP contribution in [0.15, 0.2) is 30.6 Å². The molecule has 0 saturated heterocycles. The summed E-state index contributed by atoms with van der Waals surface area (Å²) in [4.78, 5) is 2.45. The number of rotatable bonds is 2. The van der Waals surface area contributed by atoms with Crippen molar-refractivity contribution in [2.45, 2.75) is 19.8 Å². The summed E-state index contributed by atoms with van der Waals surface area (Å²) in [5, 5.41) is 4.24. The van der Waals surface area contributed by atoms with Crippen molar-refractivity contribution < 1.29 is 0 Å². The van der Waals surface area contributed by atoms with Crippen LogP contribution < -0.4 is 4.90 Å². The van der Waals surface area contributed by atoms with Gasteiger partial charge in [-0.15, -0.1) is 0 Å². The molecule has 0 N–H and O–H groups in total. The molecule has 94 valence electrons. The van der Waals surface area contributed by atoms with Crippen LogP contribution in [0.25, 0.3) is 11.1 Å². The second-order valence-electron chi connectivity index (χ2n) is 5.12. The van der Waals surface area contributed by atoms with E-state index in [9.17, 15) is 0 Å². The van der Waals surface area contributed by atoms with Crippen molar-refractivity contribution in [2.24, 2.45) is 7.05 Å². The third kappa shape index (κ3) is 1.70. The number of likely N-dealkylation sites (N-methyl/N-ethyl adjacent to an activating group) is 1. The van der Waals surface area contributed by atoms with E-state index in [1.807, 2.05) is 17.9 Å². The molecule has 1 atom stereocenters. The van der Waals surface area contributed by atoms with Crippen molar-refractivity contribution in [3.05, 3.63) is 36.2 Å². The molecule has 0 bridgehead atoms. The summed E-state index contributed by atoms with van der Waals surface area (Å²) in [5.74, 6) is 0.622. The van der Waals surface area contributed by atoms with Gasteiger partial charge in [0.1, 0.15) is 0 Å². The van der Waals surface area contributed by atoms with E-state index in [1.165, 1.54) is 22.4 Å². The summed E-state index contributed by atoms with van der Waals surface area (Å²) >= 11 is 0. The van der Waals surface area contributed by atoms with Crippen molar-refractivity contribution in [3.63, 3.8) is 0 Å². The standard InChI is InChI=1S/C15H19N3/c1-4-18-9-11(2)14-7-12(5-6-15(14)18)13-8-16-17(3)10-13/h5-8,10-11H,4,9H2,1-3H3/t11-/m1/s1. The summed E-state index contributed by atoms with van der Waals surface area (Å²) in [7, 11) is 1.96. The van der Waals surface area contributed by atoms with Gasteiger partial charge in [-0.1, -0.05) is 13.0 Å². The lowest BCUT2D eigenvalue weighted by atomic mass is 9.99. The Morgan fingerprint density at radius 2 is 2.17 bits per heavy atom. The van der Waals surface area contributed by atoms with Crippen LogP contribution in [-0.2, 0) is 7.05 Å². The van der Waals surface area contributed by atoms with Gasteiger partial charge in [0.15, 0.2) is 0 Å². The molecule has 0 spiro atoms. The van der Waals surface area contributed by atoms with Crippen LogP contribution in [0.3, 0.4) is 0 Å². The summed E-state index contributed by atoms with van der Waals surface area (Å²) in [6.07, 6.45) is 4.00. The van der Waals surface area contributed by atoms with Gasteiger partial charge < -0.3 is 4.90 Å². The molecule has 0 unspecified atom stereocenters. The monoisotopic (exact) mass is 241 g/mol. The molecule has 1 aromatic carbocycles. The van der Waals surface area contributed by atoms with E-state index in [4.69, 9.17) is 0 Å². The highest BCUT2D eigenvalue weighted by Gasteiger charge is 2.24. The fourth-order valence-electron chi connectivity index (χ4n) is 2.81. The van der Waals surface area contributed by atoms with Gasteiger partial charge in [-0.25, -0.2) is 0 Å². The number of hydrogen-bond acceptors (Lipinski definition) is 2. The molecule has 2 aromatic rings. The summed E-state index contributed by atoms with van der Waals surface area (Å²) in [5.41, 5.74) is 5.34. The Morgan fingerprint density at radius 3 is 2.83 bits per heavy atom. The zero-order chi connectivity index (χ0) is 12.7. The van der Waals surface area contributed by atoms with E-state index >= 15 is 0 Å². The second kappa shape index (κ2) is 4.16. The van der Waals surface area contributed by atoms with Gasteiger partial charge in [0.05, 0.1) is 6.20 Å². The van der Waals surface area contributed by atoms with Gasteiger partial charge in [-0.2, -0.15) is 5.10 Å². The Balaban J connectivity index is 2.04. The third-order valence-electron chi connectivity index (χ3n) is 3.81. The number of anilines is 1. The Kier molecular flexibility index (Phi) is 2.62. The molecule has 3 nitrogen and oxygen atoms in total. The van der Waals surface area contributed by atoms with Crippen LogP contribution in [0, 0.1) is 0 Å². The molecule has 0 amide bonds. The molecule has 3 rings (SSSR count). The van der Waals surface area contributed by atoms with Gasteiger partial charge in [-0.05, 0) is 30.2 Å². The molecule has 0 fully saturated rings. The molecule has 3 heteroatoms. The lowest BCUT2D eigenvalue weighted by Crippen LogP contribution is -2.20. The van der Waals surface area contributed by atoms with Gasteiger partial charge >= 0.3 is 0 Å². The Labute approximate surface area is 108 Å². The molecule has 1 aromatic heterocycles. The van der Waals surface area contributed by atoms with Crippen LogP contribution in [0.5, 0.6) is 0 Å². The molecule has 2 heterocycles. The molecule has 0 radical (unpaired) electrons. The maximum Gasteiger partial charge on any atom is 0.0568 e. The number of benzene rings is 1. The van der Waals surface area contributed by atoms with Gasteiger partial charge in [-0.3, -0.25) is 4.68 Å². The highest BCUT2D eigenvalue weighted by atomic mass is 15.2. The van der Waals surface area contributed by atoms with Gasteiger partial charge in [0, 0.05) is 43.5 Å². The van der Waals surface area contributed by atoms with Gasteiger partial charge in [0.25, 0.3) is 0 Å². The Morgan fingerprint density at radius 1 is 1.33 bits per heavy atom. The van der Waals surface area contributed by atoms with E-state index in [2.05, 4.69) is 48.2 Å².